The van der Waals surface area contributed by atoms with E-state index in [9.17, 15) is 0 Å². The molecule has 6 nitrogen and oxygen atoms in total. The molecular formula is C15H20N6. The molecule has 0 atom stereocenters. The molecule has 0 radical (unpaired) electrons. The lowest BCUT2D eigenvalue weighted by Crippen LogP contribution is -2.13. The summed E-state index contributed by atoms with van der Waals surface area (Å²) in [4.78, 5) is 14.9. The van der Waals surface area contributed by atoms with Crippen LogP contribution >= 0.6 is 0 Å². The van der Waals surface area contributed by atoms with Crippen molar-refractivity contribution in [1.29, 1.82) is 0 Å². The Labute approximate surface area is 125 Å². The van der Waals surface area contributed by atoms with Crippen LogP contribution in [0.15, 0.2) is 35.7 Å². The number of aromatic nitrogens is 3. The van der Waals surface area contributed by atoms with E-state index in [0.717, 1.165) is 17.2 Å². The van der Waals surface area contributed by atoms with Crippen molar-refractivity contribution in [3.8, 4) is 0 Å². The van der Waals surface area contributed by atoms with Gasteiger partial charge in [-0.25, -0.2) is 9.97 Å². The highest BCUT2D eigenvalue weighted by Gasteiger charge is 2.08. The molecule has 0 unspecified atom stereocenters. The van der Waals surface area contributed by atoms with Crippen LogP contribution in [0, 0.1) is 0 Å². The zero-order valence-corrected chi connectivity index (χ0v) is 12.8. The van der Waals surface area contributed by atoms with Gasteiger partial charge in [0.05, 0.1) is 6.21 Å². The van der Waals surface area contributed by atoms with Crippen molar-refractivity contribution in [2.45, 2.75) is 19.8 Å². The maximum absolute atomic E-state index is 4.51. The van der Waals surface area contributed by atoms with Gasteiger partial charge in [0.2, 0.25) is 0 Å². The first-order valence-corrected chi connectivity index (χ1v) is 6.81. The number of nitrogens with zero attached hydrogens (tertiary/aromatic N) is 5. The average molecular weight is 284 g/mol. The first kappa shape index (κ1) is 14.9. The van der Waals surface area contributed by atoms with E-state index in [4.69, 9.17) is 0 Å². The fraction of sp³-hybridized carbons (Fsp3) is 0.333. The molecule has 0 bridgehead atoms. The highest BCUT2D eigenvalue weighted by atomic mass is 15.3. The maximum atomic E-state index is 4.51. The van der Waals surface area contributed by atoms with Gasteiger partial charge in [-0.1, -0.05) is 13.8 Å². The van der Waals surface area contributed by atoms with Crippen LogP contribution in [0.1, 0.15) is 31.2 Å². The van der Waals surface area contributed by atoms with Crippen LogP contribution in [0.4, 0.5) is 11.6 Å². The molecule has 0 aliphatic rings. The van der Waals surface area contributed by atoms with Crippen LogP contribution in [-0.4, -0.2) is 35.3 Å². The Bertz CT molecular complexity index is 581. The van der Waals surface area contributed by atoms with E-state index in [2.05, 4.69) is 39.3 Å². The second kappa shape index (κ2) is 6.78. The summed E-state index contributed by atoms with van der Waals surface area (Å²) >= 11 is 0. The third-order valence-corrected chi connectivity index (χ3v) is 2.80. The minimum absolute atomic E-state index is 0.259. The van der Waals surface area contributed by atoms with Crippen molar-refractivity contribution in [2.75, 3.05) is 24.4 Å². The lowest BCUT2D eigenvalue weighted by atomic mass is 10.2. The summed E-state index contributed by atoms with van der Waals surface area (Å²) in [7, 11) is 3.91. The molecule has 2 rings (SSSR count). The Morgan fingerprint density at radius 3 is 2.52 bits per heavy atom. The van der Waals surface area contributed by atoms with E-state index in [1.54, 1.807) is 18.6 Å². The molecule has 2 aromatic heterocycles. The first-order chi connectivity index (χ1) is 10.1. The monoisotopic (exact) mass is 284 g/mol. The summed E-state index contributed by atoms with van der Waals surface area (Å²) in [6.45, 7) is 4.14. The van der Waals surface area contributed by atoms with Gasteiger partial charge in [0, 0.05) is 38.5 Å². The number of anilines is 2. The lowest BCUT2D eigenvalue weighted by Gasteiger charge is -2.15. The number of nitrogens with one attached hydrogen (secondary N) is 1. The fourth-order valence-electron chi connectivity index (χ4n) is 1.62. The number of rotatable bonds is 5. The highest BCUT2D eigenvalue weighted by Crippen LogP contribution is 2.18. The molecule has 0 amide bonds. The van der Waals surface area contributed by atoms with Gasteiger partial charge in [-0.15, -0.1) is 0 Å². The molecule has 0 fully saturated rings. The molecule has 0 spiro atoms. The van der Waals surface area contributed by atoms with Crippen molar-refractivity contribution in [2.24, 2.45) is 5.10 Å². The molecule has 0 aromatic carbocycles. The zero-order chi connectivity index (χ0) is 15.2. The molecule has 0 saturated heterocycles. The molecule has 110 valence electrons. The molecule has 0 saturated carbocycles. The Kier molecular flexibility index (Phi) is 4.81. The lowest BCUT2D eigenvalue weighted by molar-refractivity contribution is 0.771. The van der Waals surface area contributed by atoms with Gasteiger partial charge >= 0.3 is 0 Å². The number of hydrogen-bond acceptors (Lipinski definition) is 6. The molecule has 2 heterocycles. The van der Waals surface area contributed by atoms with E-state index in [-0.39, 0.29) is 5.92 Å². The molecule has 21 heavy (non-hydrogen) atoms. The van der Waals surface area contributed by atoms with Crippen LogP contribution < -0.4 is 10.3 Å². The maximum Gasteiger partial charge on any atom is 0.152 e. The van der Waals surface area contributed by atoms with Gasteiger partial charge in [-0.05, 0) is 17.7 Å². The minimum Gasteiger partial charge on any atom is -0.363 e. The summed E-state index contributed by atoms with van der Waals surface area (Å²) < 4.78 is 0. The van der Waals surface area contributed by atoms with E-state index < -0.39 is 0 Å². The molecule has 6 heteroatoms. The van der Waals surface area contributed by atoms with Gasteiger partial charge in [-0.3, -0.25) is 10.4 Å². The largest absolute Gasteiger partial charge is 0.363 e. The standard InChI is InChI=1S/C15H20N6/c1-11(2)15-18-13(9-14(19-15)21(3)4)20-17-10-12-5-7-16-8-6-12/h5-11H,1-4H3,(H,18,19,20)/b17-10-. The van der Waals surface area contributed by atoms with Gasteiger partial charge < -0.3 is 4.90 Å². The molecular weight excluding hydrogens is 264 g/mol. The number of pyridine rings is 1. The van der Waals surface area contributed by atoms with E-state index >= 15 is 0 Å². The van der Waals surface area contributed by atoms with Crippen molar-refractivity contribution >= 4 is 17.9 Å². The van der Waals surface area contributed by atoms with Crippen LogP contribution in [0.3, 0.4) is 0 Å². The Hall–Kier alpha value is -2.50. The fourth-order valence-corrected chi connectivity index (χ4v) is 1.62. The second-order valence-corrected chi connectivity index (χ2v) is 5.17. The summed E-state index contributed by atoms with van der Waals surface area (Å²) in [5.41, 5.74) is 3.93. The number of hydrogen-bond donors (Lipinski definition) is 1. The first-order valence-electron chi connectivity index (χ1n) is 6.81. The zero-order valence-electron chi connectivity index (χ0n) is 12.8. The van der Waals surface area contributed by atoms with Gasteiger partial charge in [0.25, 0.3) is 0 Å². The minimum atomic E-state index is 0.259. The van der Waals surface area contributed by atoms with Crippen molar-refractivity contribution < 1.29 is 0 Å². The summed E-state index contributed by atoms with van der Waals surface area (Å²) in [5, 5.41) is 4.20. The normalized spacial score (nSPS) is 11.1. The Morgan fingerprint density at radius 1 is 1.19 bits per heavy atom. The predicted octanol–water partition coefficient (Wildman–Crippen LogP) is 2.51. The smallest absolute Gasteiger partial charge is 0.152 e. The van der Waals surface area contributed by atoms with E-state index in [0.29, 0.717) is 5.82 Å². The second-order valence-electron chi connectivity index (χ2n) is 5.17. The van der Waals surface area contributed by atoms with Gasteiger partial charge in [0.1, 0.15) is 11.6 Å². The van der Waals surface area contributed by atoms with Gasteiger partial charge in [-0.2, -0.15) is 5.10 Å². The van der Waals surface area contributed by atoms with Gasteiger partial charge in [0.15, 0.2) is 5.82 Å². The van der Waals surface area contributed by atoms with Crippen LogP contribution in [0.2, 0.25) is 0 Å². The van der Waals surface area contributed by atoms with Crippen molar-refractivity contribution in [1.82, 2.24) is 15.0 Å². The quantitative estimate of drug-likeness (QED) is 0.675. The molecule has 2 aromatic rings. The summed E-state index contributed by atoms with van der Waals surface area (Å²) in [6.07, 6.45) is 5.19. The highest BCUT2D eigenvalue weighted by molar-refractivity contribution is 5.79. The van der Waals surface area contributed by atoms with Crippen LogP contribution in [-0.2, 0) is 0 Å². The molecule has 0 aliphatic carbocycles. The van der Waals surface area contributed by atoms with E-state index in [1.165, 1.54) is 0 Å². The molecule has 1 N–H and O–H groups in total. The average Bonchev–Trinajstić information content (AvgIpc) is 2.48. The predicted molar refractivity (Wildman–Crippen MR) is 85.9 cm³/mol. The summed E-state index contributed by atoms with van der Waals surface area (Å²) in [6, 6.07) is 5.64. The molecule has 0 aliphatic heterocycles. The SMILES string of the molecule is CC(C)c1nc(N/N=C\c2ccncc2)cc(N(C)C)n1. The van der Waals surface area contributed by atoms with Crippen LogP contribution in [0.5, 0.6) is 0 Å². The van der Waals surface area contributed by atoms with Crippen LogP contribution in [0.25, 0.3) is 0 Å². The van der Waals surface area contributed by atoms with E-state index in [1.807, 2.05) is 37.2 Å². The topological polar surface area (TPSA) is 66.3 Å². The number of hydrazone groups is 1. The third-order valence-electron chi connectivity index (χ3n) is 2.80. The van der Waals surface area contributed by atoms with Crippen molar-refractivity contribution in [3.63, 3.8) is 0 Å². The Balaban J connectivity index is 2.17. The summed E-state index contributed by atoms with van der Waals surface area (Å²) in [5.74, 6) is 2.59. The Morgan fingerprint density at radius 2 is 1.90 bits per heavy atom. The third kappa shape index (κ3) is 4.24. The van der Waals surface area contributed by atoms with Crippen molar-refractivity contribution in [3.05, 3.63) is 42.0 Å².